The lowest BCUT2D eigenvalue weighted by atomic mass is 10.4. The molecule has 82 valence electrons. The molecule has 0 saturated heterocycles. The standard InChI is InChI=1S/C10H15N3OS/c1-4-6-13-9(3)11-12-10(13)15-7-5-8(2)14/h4H,1,5-7H2,2-3H3. The van der Waals surface area contributed by atoms with Crippen molar-refractivity contribution in [2.75, 3.05) is 5.75 Å². The van der Waals surface area contributed by atoms with Crippen LogP contribution in [0.25, 0.3) is 0 Å². The normalized spacial score (nSPS) is 10.3. The fourth-order valence-electron chi connectivity index (χ4n) is 1.09. The van der Waals surface area contributed by atoms with Crippen LogP contribution in [-0.4, -0.2) is 26.3 Å². The maximum absolute atomic E-state index is 10.8. The first kappa shape index (κ1) is 12.0. The van der Waals surface area contributed by atoms with Gasteiger partial charge in [0.2, 0.25) is 0 Å². The lowest BCUT2D eigenvalue weighted by Crippen LogP contribution is -2.01. The number of nitrogens with zero attached hydrogens (tertiary/aromatic N) is 3. The van der Waals surface area contributed by atoms with Gasteiger partial charge in [0.25, 0.3) is 0 Å². The minimum atomic E-state index is 0.203. The number of allylic oxidation sites excluding steroid dienone is 1. The largest absolute Gasteiger partial charge is 0.302 e. The minimum Gasteiger partial charge on any atom is -0.302 e. The highest BCUT2D eigenvalue weighted by atomic mass is 32.2. The molecule has 5 heteroatoms. The molecule has 0 aliphatic heterocycles. The second-order valence-electron chi connectivity index (χ2n) is 3.23. The van der Waals surface area contributed by atoms with Crippen LogP contribution in [-0.2, 0) is 11.3 Å². The molecule has 0 amide bonds. The number of hydrogen-bond donors (Lipinski definition) is 0. The summed E-state index contributed by atoms with van der Waals surface area (Å²) in [5.41, 5.74) is 0. The third-order valence-electron chi connectivity index (χ3n) is 1.90. The van der Waals surface area contributed by atoms with Gasteiger partial charge in [-0.2, -0.15) is 0 Å². The van der Waals surface area contributed by atoms with Crippen LogP contribution in [0.15, 0.2) is 17.8 Å². The SMILES string of the molecule is C=CCn1c(C)nnc1SCCC(C)=O. The Morgan fingerprint density at radius 3 is 2.93 bits per heavy atom. The predicted octanol–water partition coefficient (Wildman–Crippen LogP) is 1.84. The van der Waals surface area contributed by atoms with E-state index in [1.807, 2.05) is 17.6 Å². The van der Waals surface area contributed by atoms with Crippen LogP contribution in [0.5, 0.6) is 0 Å². The highest BCUT2D eigenvalue weighted by Crippen LogP contribution is 2.17. The molecule has 0 bridgehead atoms. The highest BCUT2D eigenvalue weighted by molar-refractivity contribution is 7.99. The van der Waals surface area contributed by atoms with E-state index in [0.717, 1.165) is 16.7 Å². The molecular formula is C10H15N3OS. The Balaban J connectivity index is 2.59. The number of ketones is 1. The summed E-state index contributed by atoms with van der Waals surface area (Å²) in [5.74, 6) is 1.83. The van der Waals surface area contributed by atoms with Gasteiger partial charge < -0.3 is 4.57 Å². The van der Waals surface area contributed by atoms with Crippen LogP contribution >= 0.6 is 11.8 Å². The number of carbonyl (C=O) groups excluding carboxylic acids is 1. The molecule has 0 aliphatic rings. The monoisotopic (exact) mass is 225 g/mol. The van der Waals surface area contributed by atoms with E-state index in [2.05, 4.69) is 16.8 Å². The van der Waals surface area contributed by atoms with Crippen molar-refractivity contribution in [3.05, 3.63) is 18.5 Å². The van der Waals surface area contributed by atoms with Gasteiger partial charge in [-0.15, -0.1) is 16.8 Å². The Morgan fingerprint density at radius 1 is 1.60 bits per heavy atom. The van der Waals surface area contributed by atoms with Crippen molar-refractivity contribution in [3.63, 3.8) is 0 Å². The van der Waals surface area contributed by atoms with Crippen molar-refractivity contribution < 1.29 is 4.79 Å². The van der Waals surface area contributed by atoms with Crippen molar-refractivity contribution in [3.8, 4) is 0 Å². The number of aromatic nitrogens is 3. The smallest absolute Gasteiger partial charge is 0.191 e. The Kier molecular flexibility index (Phi) is 4.55. The number of thioether (sulfide) groups is 1. The fraction of sp³-hybridized carbons (Fsp3) is 0.500. The summed E-state index contributed by atoms with van der Waals surface area (Å²) in [4.78, 5) is 10.8. The average molecular weight is 225 g/mol. The maximum Gasteiger partial charge on any atom is 0.191 e. The molecule has 1 aromatic rings. The van der Waals surface area contributed by atoms with Gasteiger partial charge in [0.1, 0.15) is 11.6 Å². The summed E-state index contributed by atoms with van der Waals surface area (Å²) in [6, 6.07) is 0. The van der Waals surface area contributed by atoms with Gasteiger partial charge in [-0.1, -0.05) is 17.8 Å². The molecule has 4 nitrogen and oxygen atoms in total. The summed E-state index contributed by atoms with van der Waals surface area (Å²) < 4.78 is 1.98. The number of aryl methyl sites for hydroxylation is 1. The van der Waals surface area contributed by atoms with E-state index in [0.29, 0.717) is 13.0 Å². The molecule has 1 rings (SSSR count). The number of hydrogen-bond acceptors (Lipinski definition) is 4. The summed E-state index contributed by atoms with van der Waals surface area (Å²) in [7, 11) is 0. The number of Topliss-reactive ketones (excluding diaryl/α,β-unsaturated/α-hetero) is 1. The van der Waals surface area contributed by atoms with Gasteiger partial charge in [0, 0.05) is 18.7 Å². The van der Waals surface area contributed by atoms with E-state index < -0.39 is 0 Å². The summed E-state index contributed by atoms with van der Waals surface area (Å²) in [5, 5.41) is 8.90. The molecule has 0 saturated carbocycles. The van der Waals surface area contributed by atoms with E-state index in [1.165, 1.54) is 0 Å². The lowest BCUT2D eigenvalue weighted by molar-refractivity contribution is -0.116. The van der Waals surface area contributed by atoms with E-state index in [-0.39, 0.29) is 5.78 Å². The minimum absolute atomic E-state index is 0.203. The van der Waals surface area contributed by atoms with Gasteiger partial charge in [0.15, 0.2) is 5.16 Å². The lowest BCUT2D eigenvalue weighted by Gasteiger charge is -2.03. The third-order valence-corrected chi connectivity index (χ3v) is 2.87. The quantitative estimate of drug-likeness (QED) is 0.547. The zero-order valence-electron chi connectivity index (χ0n) is 9.06. The molecular weight excluding hydrogens is 210 g/mol. The van der Waals surface area contributed by atoms with Crippen molar-refractivity contribution in [2.45, 2.75) is 32.0 Å². The number of carbonyl (C=O) groups is 1. The van der Waals surface area contributed by atoms with Crippen molar-refractivity contribution in [1.29, 1.82) is 0 Å². The van der Waals surface area contributed by atoms with Gasteiger partial charge >= 0.3 is 0 Å². The molecule has 15 heavy (non-hydrogen) atoms. The third kappa shape index (κ3) is 3.51. The molecule has 0 aromatic carbocycles. The van der Waals surface area contributed by atoms with Crippen LogP contribution in [0.3, 0.4) is 0 Å². The molecule has 0 unspecified atom stereocenters. The number of rotatable bonds is 6. The molecule has 0 spiro atoms. The molecule has 0 N–H and O–H groups in total. The van der Waals surface area contributed by atoms with E-state index >= 15 is 0 Å². The Morgan fingerprint density at radius 2 is 2.33 bits per heavy atom. The van der Waals surface area contributed by atoms with Crippen molar-refractivity contribution >= 4 is 17.5 Å². The fourth-order valence-corrected chi connectivity index (χ4v) is 2.13. The first-order valence-electron chi connectivity index (χ1n) is 4.78. The zero-order chi connectivity index (χ0) is 11.3. The first-order chi connectivity index (χ1) is 7.15. The van der Waals surface area contributed by atoms with E-state index in [1.54, 1.807) is 18.7 Å². The van der Waals surface area contributed by atoms with Crippen LogP contribution < -0.4 is 0 Å². The molecule has 0 radical (unpaired) electrons. The van der Waals surface area contributed by atoms with Crippen molar-refractivity contribution in [2.24, 2.45) is 0 Å². The van der Waals surface area contributed by atoms with Crippen LogP contribution in [0.1, 0.15) is 19.2 Å². The Labute approximate surface area is 93.8 Å². The Bertz CT molecular complexity index is 360. The summed E-state index contributed by atoms with van der Waals surface area (Å²) >= 11 is 1.56. The van der Waals surface area contributed by atoms with Crippen LogP contribution in [0, 0.1) is 6.92 Å². The molecule has 1 aromatic heterocycles. The van der Waals surface area contributed by atoms with Gasteiger partial charge in [-0.05, 0) is 13.8 Å². The molecule has 0 fully saturated rings. The molecule has 0 aliphatic carbocycles. The molecule has 1 heterocycles. The second-order valence-corrected chi connectivity index (χ2v) is 4.29. The summed E-state index contributed by atoms with van der Waals surface area (Å²) in [6.07, 6.45) is 2.38. The van der Waals surface area contributed by atoms with Crippen LogP contribution in [0.4, 0.5) is 0 Å². The van der Waals surface area contributed by atoms with Crippen LogP contribution in [0.2, 0.25) is 0 Å². The second kappa shape index (κ2) is 5.70. The highest BCUT2D eigenvalue weighted by Gasteiger charge is 2.07. The van der Waals surface area contributed by atoms with Crippen molar-refractivity contribution in [1.82, 2.24) is 14.8 Å². The average Bonchev–Trinajstić information content (AvgIpc) is 2.50. The topological polar surface area (TPSA) is 47.8 Å². The Hall–Kier alpha value is -1.10. The van der Waals surface area contributed by atoms with E-state index in [4.69, 9.17) is 0 Å². The predicted molar refractivity (Wildman–Crippen MR) is 61.0 cm³/mol. The molecule has 0 atom stereocenters. The van der Waals surface area contributed by atoms with Gasteiger partial charge in [-0.25, -0.2) is 0 Å². The first-order valence-corrected chi connectivity index (χ1v) is 5.76. The van der Waals surface area contributed by atoms with Gasteiger partial charge in [-0.3, -0.25) is 4.79 Å². The maximum atomic E-state index is 10.8. The van der Waals surface area contributed by atoms with E-state index in [9.17, 15) is 4.79 Å². The van der Waals surface area contributed by atoms with Gasteiger partial charge in [0.05, 0.1) is 0 Å². The summed E-state index contributed by atoms with van der Waals surface area (Å²) in [6.45, 7) is 7.90. The zero-order valence-corrected chi connectivity index (χ0v) is 9.88.